The maximum atomic E-state index is 11.7. The van der Waals surface area contributed by atoms with Crippen LogP contribution in [0.5, 0.6) is 0 Å². The van der Waals surface area contributed by atoms with Gasteiger partial charge in [-0.05, 0) is 116 Å². The first-order valence-electron chi connectivity index (χ1n) is 13.6. The molecule has 4 saturated carbocycles. The van der Waals surface area contributed by atoms with Crippen LogP contribution in [0.1, 0.15) is 91.9 Å². The van der Waals surface area contributed by atoms with Crippen molar-refractivity contribution in [3.05, 3.63) is 4.91 Å². The molecule has 0 bridgehead atoms. The van der Waals surface area contributed by atoms with Crippen LogP contribution in [0.2, 0.25) is 0 Å². The average Bonchev–Trinajstić information content (AvgIpc) is 3.03. The minimum atomic E-state index is -0.259. The highest BCUT2D eigenvalue weighted by Gasteiger charge is 2.63. The number of aliphatic hydroxyl groups excluding tert-OH is 2. The van der Waals surface area contributed by atoms with Gasteiger partial charge in [0, 0.05) is 6.54 Å². The van der Waals surface area contributed by atoms with E-state index < -0.39 is 0 Å². The Morgan fingerprint density at radius 3 is 2.44 bits per heavy atom. The molecule has 0 aromatic rings. The molecule has 0 spiro atoms. The average molecular weight is 447 g/mol. The summed E-state index contributed by atoms with van der Waals surface area (Å²) in [7, 11) is 0. The van der Waals surface area contributed by atoms with Gasteiger partial charge < -0.3 is 10.2 Å². The van der Waals surface area contributed by atoms with Crippen molar-refractivity contribution in [1.29, 1.82) is 0 Å². The monoisotopic (exact) mass is 446 g/mol. The zero-order valence-corrected chi connectivity index (χ0v) is 20.7. The van der Waals surface area contributed by atoms with Crippen LogP contribution in [-0.2, 0) is 0 Å². The first kappa shape index (κ1) is 23.1. The number of nitrogens with zero attached hydrogens (tertiary/aromatic N) is 2. The second-order valence-corrected chi connectivity index (χ2v) is 13.3. The van der Waals surface area contributed by atoms with E-state index in [2.05, 4.69) is 33.0 Å². The minimum Gasteiger partial charge on any atom is -0.393 e. The summed E-state index contributed by atoms with van der Waals surface area (Å²) in [6, 6.07) is 0.171. The molecule has 182 valence electrons. The standard InChI is InChI=1S/C27H46N2O3/c1-16-5-8-23(29(15-16)28-32)17(2)25-24(31)14-22-20-7-6-18-13-19(30)9-11-26(18,3)21(20)10-12-27(22,25)4/h16-25,30-31H,5-15H2,1-4H3/t16-,17+,18-,19-,20+,21-,22-,23-,24-,25-,26-,27-/m0/s1. The molecule has 32 heavy (non-hydrogen) atoms. The van der Waals surface area contributed by atoms with Crippen LogP contribution in [0.15, 0.2) is 5.29 Å². The lowest BCUT2D eigenvalue weighted by atomic mass is 9.44. The van der Waals surface area contributed by atoms with Crippen LogP contribution in [0.25, 0.3) is 0 Å². The molecular weight excluding hydrogens is 400 g/mol. The zero-order chi connectivity index (χ0) is 22.8. The Labute approximate surface area is 194 Å². The molecule has 12 atom stereocenters. The van der Waals surface area contributed by atoms with Crippen LogP contribution >= 0.6 is 0 Å². The molecule has 4 aliphatic carbocycles. The van der Waals surface area contributed by atoms with E-state index in [1.165, 1.54) is 32.1 Å². The Morgan fingerprint density at radius 2 is 1.69 bits per heavy atom. The summed E-state index contributed by atoms with van der Waals surface area (Å²) in [6.45, 7) is 10.3. The van der Waals surface area contributed by atoms with Gasteiger partial charge in [0.25, 0.3) is 0 Å². The molecule has 5 rings (SSSR count). The summed E-state index contributed by atoms with van der Waals surface area (Å²) in [5.74, 6) is 3.80. The molecule has 1 aliphatic heterocycles. The van der Waals surface area contributed by atoms with E-state index in [1.807, 2.05) is 5.01 Å². The third-order valence-corrected chi connectivity index (χ3v) is 11.9. The Morgan fingerprint density at radius 1 is 0.938 bits per heavy atom. The van der Waals surface area contributed by atoms with Gasteiger partial charge in [-0.2, -0.15) is 0 Å². The van der Waals surface area contributed by atoms with Crippen LogP contribution in [-0.4, -0.2) is 40.0 Å². The van der Waals surface area contributed by atoms with E-state index in [1.54, 1.807) is 0 Å². The van der Waals surface area contributed by atoms with Crippen molar-refractivity contribution in [1.82, 2.24) is 5.01 Å². The summed E-state index contributed by atoms with van der Waals surface area (Å²) in [5, 5.41) is 27.0. The first-order chi connectivity index (χ1) is 15.2. The summed E-state index contributed by atoms with van der Waals surface area (Å²) >= 11 is 0. The summed E-state index contributed by atoms with van der Waals surface area (Å²) in [6.07, 6.45) is 10.9. The number of hydrogen-bond donors (Lipinski definition) is 2. The lowest BCUT2D eigenvalue weighted by molar-refractivity contribution is -0.132. The van der Waals surface area contributed by atoms with E-state index in [-0.39, 0.29) is 29.6 Å². The molecule has 5 heteroatoms. The Balaban J connectivity index is 1.38. The maximum absolute atomic E-state index is 11.7. The molecule has 1 saturated heterocycles. The highest BCUT2D eigenvalue weighted by Crippen LogP contribution is 2.68. The van der Waals surface area contributed by atoms with Gasteiger partial charge in [0.1, 0.15) is 0 Å². The summed E-state index contributed by atoms with van der Waals surface area (Å²) in [5.41, 5.74) is 0.533. The van der Waals surface area contributed by atoms with Crippen LogP contribution in [0.3, 0.4) is 0 Å². The van der Waals surface area contributed by atoms with Gasteiger partial charge in [-0.25, -0.2) is 0 Å². The van der Waals surface area contributed by atoms with Crippen molar-refractivity contribution >= 4 is 0 Å². The normalized spacial score (nSPS) is 54.3. The number of hydrogen-bond acceptors (Lipinski definition) is 4. The number of aliphatic hydroxyl groups is 2. The van der Waals surface area contributed by atoms with Crippen molar-refractivity contribution in [2.45, 2.75) is 110 Å². The lowest BCUT2D eigenvalue weighted by Gasteiger charge is -2.61. The SMILES string of the molecule is C[C@H]1CC[C@@H]([C@@H](C)[C@H]2[C@@H](O)C[C@H]3[C@@H]4CC[C@H]5C[C@@H](O)CC[C@]5(C)[C@H]4CC[C@]23C)N(N=O)C1. The van der Waals surface area contributed by atoms with Crippen LogP contribution in [0, 0.1) is 57.2 Å². The predicted octanol–water partition coefficient (Wildman–Crippen LogP) is 5.40. The van der Waals surface area contributed by atoms with Crippen LogP contribution < -0.4 is 0 Å². The Hall–Kier alpha value is -0.680. The number of rotatable bonds is 3. The van der Waals surface area contributed by atoms with Crippen molar-refractivity contribution in [3.63, 3.8) is 0 Å². The molecule has 5 fully saturated rings. The van der Waals surface area contributed by atoms with Gasteiger partial charge in [-0.1, -0.05) is 27.7 Å². The fourth-order valence-electron chi connectivity index (χ4n) is 10.3. The quantitative estimate of drug-likeness (QED) is 0.570. The van der Waals surface area contributed by atoms with Crippen LogP contribution in [0.4, 0.5) is 0 Å². The van der Waals surface area contributed by atoms with Gasteiger partial charge in [-0.3, -0.25) is 5.01 Å². The number of piperidine rings is 1. The molecule has 0 radical (unpaired) electrons. The largest absolute Gasteiger partial charge is 0.393 e. The topological polar surface area (TPSA) is 73.1 Å². The van der Waals surface area contributed by atoms with Gasteiger partial charge >= 0.3 is 0 Å². The third kappa shape index (κ3) is 3.39. The molecule has 0 aromatic heterocycles. The van der Waals surface area contributed by atoms with E-state index in [4.69, 9.17) is 0 Å². The fraction of sp³-hybridized carbons (Fsp3) is 1.00. The zero-order valence-electron chi connectivity index (χ0n) is 20.7. The molecule has 0 aromatic carbocycles. The molecule has 0 amide bonds. The molecule has 5 aliphatic rings. The van der Waals surface area contributed by atoms with Crippen molar-refractivity contribution in [2.24, 2.45) is 57.5 Å². The summed E-state index contributed by atoms with van der Waals surface area (Å²) < 4.78 is 0. The van der Waals surface area contributed by atoms with Gasteiger partial charge in [-0.15, -0.1) is 4.91 Å². The molecule has 1 heterocycles. The number of fused-ring (bicyclic) bond motifs is 5. The van der Waals surface area contributed by atoms with Gasteiger partial charge in [0.2, 0.25) is 0 Å². The van der Waals surface area contributed by atoms with Crippen molar-refractivity contribution in [2.75, 3.05) is 6.54 Å². The molecule has 0 unspecified atom stereocenters. The highest BCUT2D eigenvalue weighted by atomic mass is 16.3. The van der Waals surface area contributed by atoms with E-state index in [9.17, 15) is 15.1 Å². The highest BCUT2D eigenvalue weighted by molar-refractivity contribution is 5.12. The maximum Gasteiger partial charge on any atom is 0.0580 e. The molecular formula is C27H46N2O3. The molecule has 5 nitrogen and oxygen atoms in total. The Bertz CT molecular complexity index is 717. The number of nitroso groups, excluding NO2 is 1. The third-order valence-electron chi connectivity index (χ3n) is 11.9. The summed E-state index contributed by atoms with van der Waals surface area (Å²) in [4.78, 5) is 11.7. The smallest absolute Gasteiger partial charge is 0.0580 e. The second kappa shape index (κ2) is 8.22. The van der Waals surface area contributed by atoms with Crippen molar-refractivity contribution < 1.29 is 10.2 Å². The molecule has 2 N–H and O–H groups in total. The van der Waals surface area contributed by atoms with Gasteiger partial charge in [0.05, 0.1) is 23.5 Å². The Kier molecular flexibility index (Phi) is 5.93. The van der Waals surface area contributed by atoms with Crippen molar-refractivity contribution in [3.8, 4) is 0 Å². The first-order valence-corrected chi connectivity index (χ1v) is 13.6. The van der Waals surface area contributed by atoms with E-state index in [0.29, 0.717) is 35.0 Å². The second-order valence-electron chi connectivity index (χ2n) is 13.3. The van der Waals surface area contributed by atoms with E-state index in [0.717, 1.165) is 44.6 Å². The fourth-order valence-corrected chi connectivity index (χ4v) is 10.3. The lowest BCUT2D eigenvalue weighted by Crippen LogP contribution is -2.55. The van der Waals surface area contributed by atoms with E-state index >= 15 is 0 Å². The predicted molar refractivity (Wildman–Crippen MR) is 126 cm³/mol. The minimum absolute atomic E-state index is 0.0930. The van der Waals surface area contributed by atoms with Gasteiger partial charge in [0.15, 0.2) is 0 Å².